The van der Waals surface area contributed by atoms with E-state index in [2.05, 4.69) is 15.6 Å². The van der Waals surface area contributed by atoms with E-state index in [-0.39, 0.29) is 23.5 Å². The van der Waals surface area contributed by atoms with Crippen molar-refractivity contribution in [3.05, 3.63) is 48.2 Å². The molecule has 3 rings (SSSR count). The van der Waals surface area contributed by atoms with Crippen molar-refractivity contribution in [3.8, 4) is 0 Å². The summed E-state index contributed by atoms with van der Waals surface area (Å²) < 4.78 is 28.0. The van der Waals surface area contributed by atoms with Gasteiger partial charge in [-0.2, -0.15) is 0 Å². The number of pyridine rings is 1. The number of nitrogens with zero attached hydrogens (tertiary/aromatic N) is 1. The van der Waals surface area contributed by atoms with Gasteiger partial charge >= 0.3 is 0 Å². The fourth-order valence-electron chi connectivity index (χ4n) is 2.43. The second-order valence-electron chi connectivity index (χ2n) is 5.44. The number of amides is 1. The largest absolute Gasteiger partial charge is 0.467 e. The van der Waals surface area contributed by atoms with Gasteiger partial charge in [0.25, 0.3) is 5.91 Å². The average Bonchev–Trinajstić information content (AvgIpc) is 3.15. The van der Waals surface area contributed by atoms with Gasteiger partial charge in [0.1, 0.15) is 11.5 Å². The number of anilines is 1. The van der Waals surface area contributed by atoms with Crippen LogP contribution in [-0.4, -0.2) is 36.9 Å². The van der Waals surface area contributed by atoms with Gasteiger partial charge < -0.3 is 15.1 Å². The third kappa shape index (κ3) is 4.10. The van der Waals surface area contributed by atoms with E-state index in [1.807, 2.05) is 0 Å². The number of nitrogens with one attached hydrogen (secondary N) is 2. The molecule has 1 fully saturated rings. The van der Waals surface area contributed by atoms with Crippen molar-refractivity contribution in [2.24, 2.45) is 0 Å². The maximum absolute atomic E-state index is 12.0. The van der Waals surface area contributed by atoms with Gasteiger partial charge in [-0.3, -0.25) is 4.79 Å². The Morgan fingerprint density at radius 1 is 1.35 bits per heavy atom. The fraction of sp³-hybridized carbons (Fsp3) is 0.333. The number of rotatable bonds is 5. The van der Waals surface area contributed by atoms with Crippen LogP contribution in [0.2, 0.25) is 0 Å². The van der Waals surface area contributed by atoms with Crippen molar-refractivity contribution in [1.29, 1.82) is 0 Å². The molecular formula is C15H17N3O4S. The minimum atomic E-state index is -2.92. The predicted molar refractivity (Wildman–Crippen MR) is 84.8 cm³/mol. The first-order valence-corrected chi connectivity index (χ1v) is 9.07. The average molecular weight is 335 g/mol. The van der Waals surface area contributed by atoms with E-state index in [4.69, 9.17) is 4.42 Å². The number of hydrogen-bond acceptors (Lipinski definition) is 6. The molecule has 0 radical (unpaired) electrons. The lowest BCUT2D eigenvalue weighted by molar-refractivity contribution is 0.0943. The topological polar surface area (TPSA) is 101 Å². The first-order valence-electron chi connectivity index (χ1n) is 7.25. The van der Waals surface area contributed by atoms with Crippen molar-refractivity contribution in [1.82, 2.24) is 10.3 Å². The van der Waals surface area contributed by atoms with Gasteiger partial charge in [-0.05, 0) is 30.7 Å². The third-order valence-electron chi connectivity index (χ3n) is 3.60. The van der Waals surface area contributed by atoms with E-state index in [9.17, 15) is 13.2 Å². The molecule has 3 heterocycles. The van der Waals surface area contributed by atoms with Crippen LogP contribution in [0, 0.1) is 0 Å². The standard InChI is InChI=1S/C15H17N3O4S/c19-15(17-9-13-2-1-6-22-13)14-4-3-11(8-16-14)18-12-5-7-23(20,21)10-12/h1-4,6,8,12,18H,5,7,9-10H2,(H,17,19). The highest BCUT2D eigenvalue weighted by Crippen LogP contribution is 2.17. The molecule has 7 nitrogen and oxygen atoms in total. The highest BCUT2D eigenvalue weighted by Gasteiger charge is 2.27. The molecule has 0 spiro atoms. The molecule has 1 aliphatic rings. The second kappa shape index (κ2) is 6.41. The summed E-state index contributed by atoms with van der Waals surface area (Å²) in [7, 11) is -2.92. The van der Waals surface area contributed by atoms with Crippen LogP contribution < -0.4 is 10.6 Å². The number of sulfone groups is 1. The number of hydrogen-bond donors (Lipinski definition) is 2. The number of aromatic nitrogens is 1. The van der Waals surface area contributed by atoms with Crippen molar-refractivity contribution in [2.45, 2.75) is 19.0 Å². The summed E-state index contributed by atoms with van der Waals surface area (Å²) >= 11 is 0. The van der Waals surface area contributed by atoms with Gasteiger partial charge in [0.15, 0.2) is 9.84 Å². The van der Waals surface area contributed by atoms with Crippen LogP contribution >= 0.6 is 0 Å². The molecule has 23 heavy (non-hydrogen) atoms. The quantitative estimate of drug-likeness (QED) is 0.851. The highest BCUT2D eigenvalue weighted by molar-refractivity contribution is 7.91. The van der Waals surface area contributed by atoms with E-state index in [1.54, 1.807) is 30.5 Å². The number of furan rings is 1. The molecule has 2 aromatic heterocycles. The predicted octanol–water partition coefficient (Wildman–Crippen LogP) is 1.20. The lowest BCUT2D eigenvalue weighted by Crippen LogP contribution is -2.24. The zero-order chi connectivity index (χ0) is 16.3. The number of carbonyl (C=O) groups is 1. The molecule has 1 saturated heterocycles. The summed E-state index contributed by atoms with van der Waals surface area (Å²) in [5, 5.41) is 5.84. The lowest BCUT2D eigenvalue weighted by atomic mass is 10.2. The van der Waals surface area contributed by atoms with Gasteiger partial charge in [-0.25, -0.2) is 13.4 Å². The monoisotopic (exact) mass is 335 g/mol. The van der Waals surface area contributed by atoms with Crippen molar-refractivity contribution >= 4 is 21.4 Å². The smallest absolute Gasteiger partial charge is 0.270 e. The molecule has 1 aliphatic heterocycles. The second-order valence-corrected chi connectivity index (χ2v) is 7.67. The molecule has 0 saturated carbocycles. The highest BCUT2D eigenvalue weighted by atomic mass is 32.2. The first kappa shape index (κ1) is 15.5. The van der Waals surface area contributed by atoms with Crippen LogP contribution in [0.15, 0.2) is 41.1 Å². The minimum Gasteiger partial charge on any atom is -0.467 e. The SMILES string of the molecule is O=C(NCc1ccco1)c1ccc(NC2CCS(=O)(=O)C2)cn1. The first-order chi connectivity index (χ1) is 11.0. The Bertz CT molecular complexity index is 770. The van der Waals surface area contributed by atoms with E-state index in [0.29, 0.717) is 30.1 Å². The summed E-state index contributed by atoms with van der Waals surface area (Å²) in [5.41, 5.74) is 0.996. The Kier molecular flexibility index (Phi) is 4.33. The van der Waals surface area contributed by atoms with Crippen LogP contribution in [0.4, 0.5) is 5.69 Å². The van der Waals surface area contributed by atoms with Crippen molar-refractivity contribution in [3.63, 3.8) is 0 Å². The summed E-state index contributed by atoms with van der Waals surface area (Å²) in [6, 6.07) is 6.75. The molecule has 2 N–H and O–H groups in total. The fourth-order valence-corrected chi connectivity index (χ4v) is 4.10. The van der Waals surface area contributed by atoms with Gasteiger partial charge in [0.05, 0.1) is 36.2 Å². The van der Waals surface area contributed by atoms with Gasteiger partial charge in [0.2, 0.25) is 0 Å². The van der Waals surface area contributed by atoms with Gasteiger partial charge in [-0.15, -0.1) is 0 Å². The lowest BCUT2D eigenvalue weighted by Gasteiger charge is -2.12. The van der Waals surface area contributed by atoms with Gasteiger partial charge in [0, 0.05) is 6.04 Å². The Balaban J connectivity index is 1.55. The maximum atomic E-state index is 12.0. The number of carbonyl (C=O) groups excluding carboxylic acids is 1. The molecule has 2 aromatic rings. The van der Waals surface area contributed by atoms with Crippen molar-refractivity contribution < 1.29 is 17.6 Å². The molecule has 1 unspecified atom stereocenters. The van der Waals surface area contributed by atoms with Crippen LogP contribution in [-0.2, 0) is 16.4 Å². The Morgan fingerprint density at radius 3 is 2.83 bits per heavy atom. The third-order valence-corrected chi connectivity index (χ3v) is 5.37. The molecule has 1 atom stereocenters. The van der Waals surface area contributed by atoms with E-state index >= 15 is 0 Å². The van der Waals surface area contributed by atoms with Crippen LogP contribution in [0.1, 0.15) is 22.7 Å². The molecule has 122 valence electrons. The van der Waals surface area contributed by atoms with Crippen LogP contribution in [0.25, 0.3) is 0 Å². The maximum Gasteiger partial charge on any atom is 0.270 e. The van der Waals surface area contributed by atoms with E-state index < -0.39 is 9.84 Å². The summed E-state index contributed by atoms with van der Waals surface area (Å²) in [5.74, 6) is 0.722. The molecule has 8 heteroatoms. The summed E-state index contributed by atoms with van der Waals surface area (Å²) in [6.45, 7) is 0.299. The van der Waals surface area contributed by atoms with Gasteiger partial charge in [-0.1, -0.05) is 0 Å². The zero-order valence-corrected chi connectivity index (χ0v) is 13.2. The summed E-state index contributed by atoms with van der Waals surface area (Å²) in [6.07, 6.45) is 3.67. The molecular weight excluding hydrogens is 318 g/mol. The Labute approximate surface area is 134 Å². The van der Waals surface area contributed by atoms with Crippen LogP contribution in [0.3, 0.4) is 0 Å². The van der Waals surface area contributed by atoms with E-state index in [1.165, 1.54) is 6.20 Å². The molecule has 0 aliphatic carbocycles. The normalized spacial score (nSPS) is 19.4. The zero-order valence-electron chi connectivity index (χ0n) is 12.4. The van der Waals surface area contributed by atoms with E-state index in [0.717, 1.165) is 0 Å². The van der Waals surface area contributed by atoms with Crippen molar-refractivity contribution in [2.75, 3.05) is 16.8 Å². The summed E-state index contributed by atoms with van der Waals surface area (Å²) in [4.78, 5) is 16.1. The Morgan fingerprint density at radius 2 is 2.22 bits per heavy atom. The Hall–Kier alpha value is -2.35. The molecule has 0 aromatic carbocycles. The minimum absolute atomic E-state index is 0.0968. The molecule has 0 bridgehead atoms. The molecule has 1 amide bonds. The van der Waals surface area contributed by atoms with Crippen LogP contribution in [0.5, 0.6) is 0 Å².